The van der Waals surface area contributed by atoms with E-state index in [2.05, 4.69) is 28.8 Å². The Bertz CT molecular complexity index is 536. The van der Waals surface area contributed by atoms with Gasteiger partial charge in [0, 0.05) is 17.1 Å². The first-order chi connectivity index (χ1) is 8.20. The maximum absolute atomic E-state index is 5.78. The molecule has 0 aliphatic heterocycles. The molecule has 0 aliphatic carbocycles. The smallest absolute Gasteiger partial charge is 0.137 e. The maximum Gasteiger partial charge on any atom is 0.137 e. The van der Waals surface area contributed by atoms with E-state index in [1.54, 1.807) is 6.33 Å². The lowest BCUT2D eigenvalue weighted by Crippen LogP contribution is -2.15. The summed E-state index contributed by atoms with van der Waals surface area (Å²) < 4.78 is 0. The molecule has 0 aliphatic rings. The van der Waals surface area contributed by atoms with E-state index in [1.165, 1.54) is 0 Å². The molecule has 2 aromatic rings. The van der Waals surface area contributed by atoms with Gasteiger partial charge >= 0.3 is 0 Å². The van der Waals surface area contributed by atoms with Crippen molar-refractivity contribution in [3.05, 3.63) is 37.2 Å². The van der Waals surface area contributed by atoms with Crippen molar-refractivity contribution in [2.75, 3.05) is 11.1 Å². The number of nitrogens with zero attached hydrogens (tertiary/aromatic N) is 2. The molecule has 0 radical (unpaired) electrons. The third-order valence-electron chi connectivity index (χ3n) is 2.56. The number of fused-ring (bicyclic) bond motifs is 1. The van der Waals surface area contributed by atoms with Gasteiger partial charge in [-0.05, 0) is 31.5 Å². The van der Waals surface area contributed by atoms with E-state index < -0.39 is 0 Å². The zero-order valence-electron chi connectivity index (χ0n) is 9.85. The van der Waals surface area contributed by atoms with E-state index in [1.807, 2.05) is 24.3 Å². The highest BCUT2D eigenvalue weighted by Crippen LogP contribution is 2.22. The van der Waals surface area contributed by atoms with E-state index in [-0.39, 0.29) is 6.04 Å². The van der Waals surface area contributed by atoms with Gasteiger partial charge in [0.15, 0.2) is 0 Å². The average Bonchev–Trinajstić information content (AvgIpc) is 2.30. The first kappa shape index (κ1) is 11.4. The van der Waals surface area contributed by atoms with E-state index in [0.717, 1.165) is 23.1 Å². The molecule has 0 fully saturated rings. The Hall–Kier alpha value is -2.10. The summed E-state index contributed by atoms with van der Waals surface area (Å²) in [6, 6.07) is 5.91. The summed E-state index contributed by atoms with van der Waals surface area (Å²) in [5.74, 6) is 0.816. The molecule has 1 aromatic heterocycles. The highest BCUT2D eigenvalue weighted by atomic mass is 15.0. The molecule has 3 N–H and O–H groups in total. The number of hydrogen-bond acceptors (Lipinski definition) is 4. The number of aromatic nitrogens is 2. The van der Waals surface area contributed by atoms with Gasteiger partial charge in [0.2, 0.25) is 0 Å². The second-order valence-electron chi connectivity index (χ2n) is 4.07. The van der Waals surface area contributed by atoms with Gasteiger partial charge in [-0.25, -0.2) is 9.97 Å². The fourth-order valence-electron chi connectivity index (χ4n) is 1.73. The standard InChI is InChI=1S/C13H16N4/c1-3-4-9(2)17-13-11-7-10(14)5-6-12(11)15-8-16-13/h3,5-9H,1,4,14H2,2H3,(H,15,16,17). The molecule has 4 nitrogen and oxygen atoms in total. The number of nitrogen functional groups attached to an aromatic ring is 1. The van der Waals surface area contributed by atoms with Gasteiger partial charge in [-0.2, -0.15) is 0 Å². The van der Waals surface area contributed by atoms with Crippen LogP contribution in [0.15, 0.2) is 37.2 Å². The molecule has 2 rings (SSSR count). The van der Waals surface area contributed by atoms with Crippen LogP contribution in [0, 0.1) is 0 Å². The van der Waals surface area contributed by atoms with Crippen LogP contribution in [-0.4, -0.2) is 16.0 Å². The molecule has 1 aromatic carbocycles. The van der Waals surface area contributed by atoms with Gasteiger partial charge in [-0.15, -0.1) is 6.58 Å². The quantitative estimate of drug-likeness (QED) is 0.623. The molecule has 1 unspecified atom stereocenters. The summed E-state index contributed by atoms with van der Waals surface area (Å²) in [5, 5.41) is 4.28. The first-order valence-electron chi connectivity index (χ1n) is 5.58. The van der Waals surface area contributed by atoms with Crippen molar-refractivity contribution in [2.24, 2.45) is 0 Å². The fourth-order valence-corrected chi connectivity index (χ4v) is 1.73. The molecule has 4 heteroatoms. The lowest BCUT2D eigenvalue weighted by molar-refractivity contribution is 0.808. The van der Waals surface area contributed by atoms with Gasteiger partial charge in [-0.3, -0.25) is 0 Å². The minimum absolute atomic E-state index is 0.284. The van der Waals surface area contributed by atoms with Gasteiger partial charge in [-0.1, -0.05) is 6.08 Å². The highest BCUT2D eigenvalue weighted by Gasteiger charge is 2.06. The molecule has 0 saturated carbocycles. The van der Waals surface area contributed by atoms with Crippen molar-refractivity contribution in [1.29, 1.82) is 0 Å². The largest absolute Gasteiger partial charge is 0.399 e. The molecular weight excluding hydrogens is 212 g/mol. The second-order valence-corrected chi connectivity index (χ2v) is 4.07. The Morgan fingerprint density at radius 2 is 2.29 bits per heavy atom. The molecular formula is C13H16N4. The van der Waals surface area contributed by atoms with Gasteiger partial charge in [0.25, 0.3) is 0 Å². The minimum atomic E-state index is 0.284. The van der Waals surface area contributed by atoms with Crippen molar-refractivity contribution in [1.82, 2.24) is 9.97 Å². The van der Waals surface area contributed by atoms with Crippen LogP contribution in [0.1, 0.15) is 13.3 Å². The summed E-state index contributed by atoms with van der Waals surface area (Å²) in [4.78, 5) is 8.47. The summed E-state index contributed by atoms with van der Waals surface area (Å²) in [5.41, 5.74) is 7.39. The van der Waals surface area contributed by atoms with Crippen LogP contribution in [0.25, 0.3) is 10.9 Å². The van der Waals surface area contributed by atoms with Crippen LogP contribution in [0.4, 0.5) is 11.5 Å². The van der Waals surface area contributed by atoms with Crippen LogP contribution in [0.2, 0.25) is 0 Å². The van der Waals surface area contributed by atoms with Gasteiger partial charge in [0.05, 0.1) is 5.52 Å². The van der Waals surface area contributed by atoms with Crippen molar-refractivity contribution in [3.8, 4) is 0 Å². The topological polar surface area (TPSA) is 63.8 Å². The Morgan fingerprint density at radius 3 is 3.06 bits per heavy atom. The summed E-state index contributed by atoms with van der Waals surface area (Å²) in [6.07, 6.45) is 4.32. The SMILES string of the molecule is C=CCC(C)Nc1ncnc2ccc(N)cc12. The Balaban J connectivity index is 2.39. The number of anilines is 2. The molecule has 0 saturated heterocycles. The Morgan fingerprint density at radius 1 is 1.47 bits per heavy atom. The number of nitrogens with one attached hydrogen (secondary N) is 1. The predicted octanol–water partition coefficient (Wildman–Crippen LogP) is 2.59. The molecule has 88 valence electrons. The van der Waals surface area contributed by atoms with Gasteiger partial charge < -0.3 is 11.1 Å². The zero-order valence-corrected chi connectivity index (χ0v) is 9.85. The fraction of sp³-hybridized carbons (Fsp3) is 0.231. The lowest BCUT2D eigenvalue weighted by atomic mass is 10.2. The number of nitrogens with two attached hydrogens (primary N) is 1. The highest BCUT2D eigenvalue weighted by molar-refractivity contribution is 5.91. The lowest BCUT2D eigenvalue weighted by Gasteiger charge is -2.14. The van der Waals surface area contributed by atoms with Crippen LogP contribution in [0.5, 0.6) is 0 Å². The van der Waals surface area contributed by atoms with Crippen molar-refractivity contribution >= 4 is 22.4 Å². The van der Waals surface area contributed by atoms with Crippen molar-refractivity contribution < 1.29 is 0 Å². The molecule has 0 bridgehead atoms. The van der Waals surface area contributed by atoms with Crippen LogP contribution in [0.3, 0.4) is 0 Å². The number of hydrogen-bond donors (Lipinski definition) is 2. The van der Waals surface area contributed by atoms with E-state index in [4.69, 9.17) is 5.73 Å². The van der Waals surface area contributed by atoms with Crippen molar-refractivity contribution in [2.45, 2.75) is 19.4 Å². The Labute approximate surface area is 101 Å². The third kappa shape index (κ3) is 2.53. The Kier molecular flexibility index (Phi) is 3.23. The van der Waals surface area contributed by atoms with Crippen LogP contribution in [-0.2, 0) is 0 Å². The minimum Gasteiger partial charge on any atom is -0.399 e. The monoisotopic (exact) mass is 228 g/mol. The molecule has 1 heterocycles. The average molecular weight is 228 g/mol. The summed E-state index contributed by atoms with van der Waals surface area (Å²) in [6.45, 7) is 5.81. The molecule has 0 spiro atoms. The third-order valence-corrected chi connectivity index (χ3v) is 2.56. The van der Waals surface area contributed by atoms with Gasteiger partial charge in [0.1, 0.15) is 12.1 Å². The number of rotatable bonds is 4. The van der Waals surface area contributed by atoms with Crippen molar-refractivity contribution in [3.63, 3.8) is 0 Å². The molecule has 0 amide bonds. The van der Waals surface area contributed by atoms with E-state index in [9.17, 15) is 0 Å². The summed E-state index contributed by atoms with van der Waals surface area (Å²) >= 11 is 0. The molecule has 17 heavy (non-hydrogen) atoms. The maximum atomic E-state index is 5.78. The van der Waals surface area contributed by atoms with Crippen LogP contribution >= 0.6 is 0 Å². The predicted molar refractivity (Wildman–Crippen MR) is 71.8 cm³/mol. The normalized spacial score (nSPS) is 12.3. The van der Waals surface area contributed by atoms with Crippen LogP contribution < -0.4 is 11.1 Å². The number of benzene rings is 1. The van der Waals surface area contributed by atoms with E-state index in [0.29, 0.717) is 5.69 Å². The van der Waals surface area contributed by atoms with E-state index >= 15 is 0 Å². The molecule has 1 atom stereocenters. The first-order valence-corrected chi connectivity index (χ1v) is 5.58. The second kappa shape index (κ2) is 4.82. The summed E-state index contributed by atoms with van der Waals surface area (Å²) in [7, 11) is 0. The zero-order chi connectivity index (χ0) is 12.3.